The lowest BCUT2D eigenvalue weighted by Gasteiger charge is -2.15. The first-order valence-corrected chi connectivity index (χ1v) is 6.41. The van der Waals surface area contributed by atoms with Gasteiger partial charge in [-0.1, -0.05) is 6.07 Å². The largest absolute Gasteiger partial charge is 0.497 e. The molecule has 1 heterocycles. The first-order valence-electron chi connectivity index (χ1n) is 5.59. The maximum atomic E-state index is 11.0. The molecule has 0 unspecified atom stereocenters. The highest BCUT2D eigenvalue weighted by Crippen LogP contribution is 2.38. The van der Waals surface area contributed by atoms with Gasteiger partial charge in [-0.05, 0) is 30.5 Å². The molecule has 4 nitrogen and oxygen atoms in total. The van der Waals surface area contributed by atoms with Crippen LogP contribution < -0.4 is 4.74 Å². The summed E-state index contributed by atoms with van der Waals surface area (Å²) in [5, 5.41) is 9.17. The lowest BCUT2D eigenvalue weighted by atomic mass is 9.93. The minimum absolute atomic E-state index is 0.163. The zero-order chi connectivity index (χ0) is 12.7. The number of hydrogen-bond acceptors (Lipinski definition) is 4. The predicted octanol–water partition coefficient (Wildman–Crippen LogP) is 2.62. The molecule has 0 aliphatic heterocycles. The molecule has 0 bridgehead atoms. The molecule has 1 aromatic carbocycles. The first-order chi connectivity index (χ1) is 8.69. The monoisotopic (exact) mass is 261 g/mol. The fourth-order valence-corrected chi connectivity index (χ4v) is 3.11. The summed E-state index contributed by atoms with van der Waals surface area (Å²) >= 11 is 1.27. The average Bonchev–Trinajstić information content (AvgIpc) is 2.82. The Balaban J connectivity index is 2.17. The number of fused-ring (bicyclic) bond motifs is 3. The van der Waals surface area contributed by atoms with Gasteiger partial charge in [0, 0.05) is 10.4 Å². The Morgan fingerprint density at radius 2 is 2.28 bits per heavy atom. The number of carbonyl (C=O) groups is 1. The van der Waals surface area contributed by atoms with Crippen LogP contribution in [-0.2, 0) is 12.8 Å². The third-order valence-electron chi connectivity index (χ3n) is 3.07. The number of carboxylic acid groups (broad SMARTS) is 1. The van der Waals surface area contributed by atoms with Crippen LogP contribution in [-0.4, -0.2) is 23.2 Å². The van der Waals surface area contributed by atoms with E-state index in [1.54, 1.807) is 7.11 Å². The highest BCUT2D eigenvalue weighted by atomic mass is 32.1. The number of aromatic nitrogens is 1. The molecule has 3 rings (SSSR count). The molecule has 0 saturated carbocycles. The lowest BCUT2D eigenvalue weighted by Crippen LogP contribution is -2.02. The van der Waals surface area contributed by atoms with Crippen molar-refractivity contribution in [2.45, 2.75) is 12.8 Å². The normalized spacial score (nSPS) is 12.7. The summed E-state index contributed by atoms with van der Waals surface area (Å²) in [7, 11) is 1.62. The number of hydrogen-bond donors (Lipinski definition) is 1. The number of methoxy groups -OCH3 is 1. The van der Waals surface area contributed by atoms with Crippen LogP contribution in [0.4, 0.5) is 0 Å². The van der Waals surface area contributed by atoms with Gasteiger partial charge in [0.15, 0.2) is 0 Å². The van der Waals surface area contributed by atoms with E-state index in [2.05, 4.69) is 4.98 Å². The van der Waals surface area contributed by atoms with Gasteiger partial charge in [-0.3, -0.25) is 0 Å². The van der Waals surface area contributed by atoms with Gasteiger partial charge in [0.2, 0.25) is 5.01 Å². The third-order valence-corrected chi connectivity index (χ3v) is 4.18. The number of carboxylic acids is 1. The molecule has 0 atom stereocenters. The molecule has 0 fully saturated rings. The maximum Gasteiger partial charge on any atom is 0.365 e. The van der Waals surface area contributed by atoms with E-state index in [1.807, 2.05) is 18.2 Å². The van der Waals surface area contributed by atoms with Crippen molar-refractivity contribution in [3.8, 4) is 17.0 Å². The molecular weight excluding hydrogens is 250 g/mol. The van der Waals surface area contributed by atoms with Crippen LogP contribution in [0.2, 0.25) is 0 Å². The molecule has 0 radical (unpaired) electrons. The summed E-state index contributed by atoms with van der Waals surface area (Å²) in [6.45, 7) is 0. The fourth-order valence-electron chi connectivity index (χ4n) is 2.19. The molecule has 0 spiro atoms. The summed E-state index contributed by atoms with van der Waals surface area (Å²) < 4.78 is 5.21. The standard InChI is InChI=1S/C13H11NO3S/c1-17-8-4-2-7-3-5-10-11(9(7)6-8)14-12(18-10)13(15)16/h2,4,6H,3,5H2,1H3,(H,15,16). The van der Waals surface area contributed by atoms with Crippen LogP contribution in [0.3, 0.4) is 0 Å². The molecule has 5 heteroatoms. The smallest absolute Gasteiger partial charge is 0.365 e. The number of nitrogens with zero attached hydrogens (tertiary/aromatic N) is 1. The van der Waals surface area contributed by atoms with E-state index < -0.39 is 5.97 Å². The van der Waals surface area contributed by atoms with Crippen LogP contribution in [0.5, 0.6) is 5.75 Å². The minimum Gasteiger partial charge on any atom is -0.497 e. The predicted molar refractivity (Wildman–Crippen MR) is 68.5 cm³/mol. The second-order valence-corrected chi connectivity index (χ2v) is 5.20. The number of benzene rings is 1. The summed E-state index contributed by atoms with van der Waals surface area (Å²) in [5.41, 5.74) is 3.00. The molecule has 0 saturated heterocycles. The molecule has 92 valence electrons. The number of rotatable bonds is 2. The van der Waals surface area contributed by atoms with E-state index in [-0.39, 0.29) is 5.01 Å². The highest BCUT2D eigenvalue weighted by Gasteiger charge is 2.23. The summed E-state index contributed by atoms with van der Waals surface area (Å²) in [4.78, 5) is 16.3. The zero-order valence-corrected chi connectivity index (χ0v) is 10.6. The van der Waals surface area contributed by atoms with Crippen molar-refractivity contribution in [1.82, 2.24) is 4.98 Å². The molecule has 18 heavy (non-hydrogen) atoms. The van der Waals surface area contributed by atoms with Crippen molar-refractivity contribution in [2.24, 2.45) is 0 Å². The lowest BCUT2D eigenvalue weighted by molar-refractivity contribution is 0.0696. The Kier molecular flexibility index (Phi) is 2.56. The highest BCUT2D eigenvalue weighted by molar-refractivity contribution is 7.14. The number of ether oxygens (including phenoxy) is 1. The van der Waals surface area contributed by atoms with Crippen LogP contribution in [0, 0.1) is 0 Å². The average molecular weight is 261 g/mol. The Bertz CT molecular complexity index is 633. The molecule has 2 aromatic rings. The molecule has 1 aromatic heterocycles. The topological polar surface area (TPSA) is 59.4 Å². The van der Waals surface area contributed by atoms with Crippen LogP contribution in [0.15, 0.2) is 18.2 Å². The van der Waals surface area contributed by atoms with Crippen molar-refractivity contribution < 1.29 is 14.6 Å². The van der Waals surface area contributed by atoms with Crippen LogP contribution >= 0.6 is 11.3 Å². The second kappa shape index (κ2) is 4.10. The van der Waals surface area contributed by atoms with Crippen molar-refractivity contribution in [3.05, 3.63) is 33.6 Å². The summed E-state index contributed by atoms with van der Waals surface area (Å²) in [5.74, 6) is -0.190. The number of aryl methyl sites for hydroxylation is 2. The third kappa shape index (κ3) is 1.67. The Hall–Kier alpha value is -1.88. The van der Waals surface area contributed by atoms with Gasteiger partial charge in [0.25, 0.3) is 0 Å². The fraction of sp³-hybridized carbons (Fsp3) is 0.231. The van der Waals surface area contributed by atoms with Gasteiger partial charge in [0.05, 0.1) is 12.8 Å². The second-order valence-electron chi connectivity index (χ2n) is 4.12. The first kappa shape index (κ1) is 11.2. The summed E-state index contributed by atoms with van der Waals surface area (Å²) in [6, 6.07) is 5.88. The van der Waals surface area contributed by atoms with Crippen molar-refractivity contribution in [2.75, 3.05) is 7.11 Å². The van der Waals surface area contributed by atoms with Crippen LogP contribution in [0.25, 0.3) is 11.3 Å². The van der Waals surface area contributed by atoms with Gasteiger partial charge in [-0.2, -0.15) is 0 Å². The Morgan fingerprint density at radius 1 is 1.44 bits per heavy atom. The molecule has 1 N–H and O–H groups in total. The van der Waals surface area contributed by atoms with Crippen molar-refractivity contribution in [3.63, 3.8) is 0 Å². The van der Waals surface area contributed by atoms with E-state index in [9.17, 15) is 4.79 Å². The van der Waals surface area contributed by atoms with Gasteiger partial charge in [-0.25, -0.2) is 9.78 Å². The van der Waals surface area contributed by atoms with E-state index in [4.69, 9.17) is 9.84 Å². The van der Waals surface area contributed by atoms with Gasteiger partial charge >= 0.3 is 5.97 Å². The van der Waals surface area contributed by atoms with E-state index in [0.717, 1.165) is 34.7 Å². The van der Waals surface area contributed by atoms with E-state index in [0.29, 0.717) is 0 Å². The van der Waals surface area contributed by atoms with Gasteiger partial charge < -0.3 is 9.84 Å². The Labute approximate surface area is 108 Å². The minimum atomic E-state index is -0.959. The molecule has 1 aliphatic rings. The number of aromatic carboxylic acids is 1. The van der Waals surface area contributed by atoms with E-state index >= 15 is 0 Å². The van der Waals surface area contributed by atoms with E-state index in [1.165, 1.54) is 16.9 Å². The van der Waals surface area contributed by atoms with Crippen LogP contribution in [0.1, 0.15) is 20.2 Å². The maximum absolute atomic E-state index is 11.0. The molecule has 1 aliphatic carbocycles. The Morgan fingerprint density at radius 3 is 3.00 bits per heavy atom. The number of thiazole rings is 1. The van der Waals surface area contributed by atoms with Crippen molar-refractivity contribution >= 4 is 17.3 Å². The zero-order valence-electron chi connectivity index (χ0n) is 9.77. The van der Waals surface area contributed by atoms with Crippen molar-refractivity contribution in [1.29, 1.82) is 0 Å². The summed E-state index contributed by atoms with van der Waals surface area (Å²) in [6.07, 6.45) is 1.78. The quantitative estimate of drug-likeness (QED) is 0.902. The van der Waals surface area contributed by atoms with Gasteiger partial charge in [0.1, 0.15) is 5.75 Å². The molecular formula is C13H11NO3S. The molecule has 0 amide bonds. The SMILES string of the molecule is COc1ccc2c(c1)-c1nc(C(=O)O)sc1CC2. The van der Waals surface area contributed by atoms with Gasteiger partial charge in [-0.15, -0.1) is 11.3 Å².